The molecule has 0 heterocycles. The molecular weight excluding hydrogens is 442 g/mol. The Morgan fingerprint density at radius 2 is 0.815 bits per heavy atom. The van der Waals surface area contributed by atoms with Crippen LogP contribution in [0, 0.1) is 0 Å². The zero-order valence-corrected chi connectivity index (χ0v) is 15.2. The standard InChI is InChI=1S/C14H8F6O4S3/c15-13(16,17)9-1-5-11(6-2-9)26(21,22)25-27(23,24)12-7-3-10(4-8-12)14(18,19)20/h1-8H. The Hall–Kier alpha value is -1.73. The molecule has 27 heavy (non-hydrogen) atoms. The van der Waals surface area contributed by atoms with Crippen molar-refractivity contribution < 1.29 is 43.2 Å². The summed E-state index contributed by atoms with van der Waals surface area (Å²) >= 11 is 0. The van der Waals surface area contributed by atoms with Crippen LogP contribution < -0.4 is 0 Å². The molecule has 0 amide bonds. The fourth-order valence-electron chi connectivity index (χ4n) is 1.82. The third kappa shape index (κ3) is 5.17. The van der Waals surface area contributed by atoms with Gasteiger partial charge in [0.05, 0.1) is 20.9 Å². The lowest BCUT2D eigenvalue weighted by Gasteiger charge is -2.09. The highest BCUT2D eigenvalue weighted by atomic mass is 33.5. The molecule has 0 bridgehead atoms. The number of alkyl halides is 6. The summed E-state index contributed by atoms with van der Waals surface area (Å²) in [5.41, 5.74) is -2.26. The zero-order chi connectivity index (χ0) is 20.7. The fourth-order valence-corrected chi connectivity index (χ4v) is 8.53. The van der Waals surface area contributed by atoms with Gasteiger partial charge in [0.2, 0.25) is 17.7 Å². The summed E-state index contributed by atoms with van der Waals surface area (Å²) in [5.74, 6) is 0. The lowest BCUT2D eigenvalue weighted by atomic mass is 10.2. The first-order chi connectivity index (χ1) is 12.1. The van der Waals surface area contributed by atoms with Crippen molar-refractivity contribution in [3.05, 3.63) is 59.7 Å². The average molecular weight is 450 g/mol. The lowest BCUT2D eigenvalue weighted by molar-refractivity contribution is -0.138. The highest BCUT2D eigenvalue weighted by Gasteiger charge is 2.33. The second kappa shape index (κ2) is 7.02. The second-order valence-electron chi connectivity index (χ2n) is 5.02. The van der Waals surface area contributed by atoms with Gasteiger partial charge in [0.25, 0.3) is 0 Å². The van der Waals surface area contributed by atoms with E-state index in [4.69, 9.17) is 0 Å². The lowest BCUT2D eigenvalue weighted by Crippen LogP contribution is -2.07. The highest BCUT2D eigenvalue weighted by Crippen LogP contribution is 2.36. The van der Waals surface area contributed by atoms with Crippen LogP contribution in [0.3, 0.4) is 0 Å². The summed E-state index contributed by atoms with van der Waals surface area (Å²) in [5, 5.41) is 0. The van der Waals surface area contributed by atoms with Crippen LogP contribution in [0.1, 0.15) is 11.1 Å². The quantitative estimate of drug-likeness (QED) is 0.506. The van der Waals surface area contributed by atoms with Gasteiger partial charge in [-0.05, 0) is 48.5 Å². The summed E-state index contributed by atoms with van der Waals surface area (Å²) in [4.78, 5) is -1.40. The molecule has 0 saturated carbocycles. The van der Waals surface area contributed by atoms with Crippen molar-refractivity contribution in [3.8, 4) is 0 Å². The van der Waals surface area contributed by atoms with E-state index >= 15 is 0 Å². The average Bonchev–Trinajstić information content (AvgIpc) is 2.52. The predicted octanol–water partition coefficient (Wildman–Crippen LogP) is 4.54. The van der Waals surface area contributed by atoms with Crippen LogP contribution in [0.15, 0.2) is 58.3 Å². The highest BCUT2D eigenvalue weighted by molar-refractivity contribution is 9.04. The molecule has 148 valence electrons. The minimum Gasteiger partial charge on any atom is -0.211 e. The SMILES string of the molecule is O=S(=O)(SS(=O)(=O)c1ccc(C(F)(F)F)cc1)c1ccc(C(F)(F)F)cc1. The molecule has 13 heteroatoms. The topological polar surface area (TPSA) is 68.3 Å². The Balaban J connectivity index is 2.30. The molecular formula is C14H8F6O4S3. The number of halogens is 6. The third-order valence-electron chi connectivity index (χ3n) is 3.12. The van der Waals surface area contributed by atoms with Crippen LogP contribution in [0.4, 0.5) is 26.3 Å². The molecule has 0 radical (unpaired) electrons. The van der Waals surface area contributed by atoms with Gasteiger partial charge < -0.3 is 0 Å². The van der Waals surface area contributed by atoms with Crippen molar-refractivity contribution in [2.75, 3.05) is 0 Å². The normalized spacial score (nSPS) is 13.6. The summed E-state index contributed by atoms with van der Waals surface area (Å²) in [6.45, 7) is 0. The summed E-state index contributed by atoms with van der Waals surface area (Å²) in [6, 6.07) is 4.24. The van der Waals surface area contributed by atoms with Gasteiger partial charge in [0, 0.05) is 0 Å². The first-order valence-corrected chi connectivity index (χ1v) is 11.5. The van der Waals surface area contributed by atoms with Gasteiger partial charge in [-0.15, -0.1) is 0 Å². The van der Waals surface area contributed by atoms with E-state index in [9.17, 15) is 43.2 Å². The molecule has 0 saturated heterocycles. The molecule has 0 aromatic heterocycles. The smallest absolute Gasteiger partial charge is 0.211 e. The van der Waals surface area contributed by atoms with Crippen LogP contribution in [0.5, 0.6) is 0 Å². The number of hydrogen-bond acceptors (Lipinski definition) is 5. The van der Waals surface area contributed by atoms with Crippen molar-refractivity contribution in [1.82, 2.24) is 0 Å². The van der Waals surface area contributed by atoms with Gasteiger partial charge in [0.15, 0.2) is 0 Å². The molecule has 0 unspecified atom stereocenters. The summed E-state index contributed by atoms with van der Waals surface area (Å²) in [6.07, 6.45) is -9.41. The minimum absolute atomic E-state index is 0.470. The number of rotatable bonds is 4. The van der Waals surface area contributed by atoms with Crippen LogP contribution >= 0.6 is 9.83 Å². The Morgan fingerprint density at radius 1 is 0.556 bits per heavy atom. The predicted molar refractivity (Wildman–Crippen MR) is 84.9 cm³/mol. The van der Waals surface area contributed by atoms with Gasteiger partial charge in [0.1, 0.15) is 9.83 Å². The van der Waals surface area contributed by atoms with Crippen LogP contribution in [-0.4, -0.2) is 16.8 Å². The minimum atomic E-state index is -4.71. The molecule has 0 aliphatic heterocycles. The third-order valence-corrected chi connectivity index (χ3v) is 10.6. The van der Waals surface area contributed by atoms with E-state index in [0.717, 1.165) is 0 Å². The molecule has 0 N–H and O–H groups in total. The van der Waals surface area contributed by atoms with Gasteiger partial charge in [-0.2, -0.15) is 26.3 Å². The van der Waals surface area contributed by atoms with Crippen LogP contribution in [-0.2, 0) is 30.1 Å². The molecule has 4 nitrogen and oxygen atoms in total. The van der Waals surface area contributed by atoms with E-state index in [1.54, 1.807) is 0 Å². The van der Waals surface area contributed by atoms with E-state index in [2.05, 4.69) is 0 Å². The maximum absolute atomic E-state index is 12.5. The number of benzene rings is 2. The van der Waals surface area contributed by atoms with Gasteiger partial charge in [-0.1, -0.05) is 0 Å². The largest absolute Gasteiger partial charge is 0.416 e. The van der Waals surface area contributed by atoms with Crippen molar-refractivity contribution >= 4 is 27.6 Å². The van der Waals surface area contributed by atoms with E-state index in [0.29, 0.717) is 48.5 Å². The molecule has 0 aliphatic rings. The van der Waals surface area contributed by atoms with Gasteiger partial charge in [-0.3, -0.25) is 0 Å². The Bertz CT molecular complexity index is 937. The maximum Gasteiger partial charge on any atom is 0.416 e. The van der Waals surface area contributed by atoms with Crippen molar-refractivity contribution in [1.29, 1.82) is 0 Å². The van der Waals surface area contributed by atoms with Crippen LogP contribution in [0.25, 0.3) is 0 Å². The summed E-state index contributed by atoms with van der Waals surface area (Å²) in [7, 11) is -9.84. The van der Waals surface area contributed by atoms with E-state index in [1.807, 2.05) is 0 Å². The Labute approximate surface area is 152 Å². The van der Waals surface area contributed by atoms with Gasteiger partial charge in [-0.25, -0.2) is 16.8 Å². The zero-order valence-electron chi connectivity index (χ0n) is 12.7. The molecule has 0 atom stereocenters. The number of hydrogen-bond donors (Lipinski definition) is 0. The molecule has 2 aromatic rings. The van der Waals surface area contributed by atoms with Crippen molar-refractivity contribution in [2.45, 2.75) is 22.1 Å². The summed E-state index contributed by atoms with van der Waals surface area (Å²) < 4.78 is 123. The second-order valence-corrected chi connectivity index (χ2v) is 12.2. The monoisotopic (exact) mass is 450 g/mol. The van der Waals surface area contributed by atoms with E-state index in [1.165, 1.54) is 0 Å². The van der Waals surface area contributed by atoms with Crippen LogP contribution in [0.2, 0.25) is 0 Å². The molecule has 0 aliphatic carbocycles. The van der Waals surface area contributed by atoms with Crippen molar-refractivity contribution in [2.24, 2.45) is 0 Å². The maximum atomic E-state index is 12.5. The first kappa shape index (κ1) is 21.6. The first-order valence-electron chi connectivity index (χ1n) is 6.68. The Kier molecular flexibility index (Phi) is 5.61. The molecule has 0 fully saturated rings. The van der Waals surface area contributed by atoms with Crippen molar-refractivity contribution in [3.63, 3.8) is 0 Å². The van der Waals surface area contributed by atoms with E-state index < -0.39 is 60.8 Å². The molecule has 0 spiro atoms. The van der Waals surface area contributed by atoms with E-state index in [-0.39, 0.29) is 0 Å². The Morgan fingerprint density at radius 3 is 1.04 bits per heavy atom. The molecule has 2 aromatic carbocycles. The fraction of sp³-hybridized carbons (Fsp3) is 0.143. The van der Waals surface area contributed by atoms with Gasteiger partial charge >= 0.3 is 12.4 Å². The molecule has 2 rings (SSSR count).